The molecule has 1 saturated heterocycles. The van der Waals surface area contributed by atoms with Gasteiger partial charge in [-0.25, -0.2) is 0 Å². The van der Waals surface area contributed by atoms with Gasteiger partial charge in [-0.2, -0.15) is 0 Å². The maximum atomic E-state index is 11.1. The lowest BCUT2D eigenvalue weighted by Crippen LogP contribution is -2.38. The minimum absolute atomic E-state index is 0.146. The van der Waals surface area contributed by atoms with Crippen LogP contribution in [0, 0.1) is 5.92 Å². The zero-order valence-electron chi connectivity index (χ0n) is 8.89. The number of aliphatic carboxylic acids is 1. The Hall–Kier alpha value is -1.55. The van der Waals surface area contributed by atoms with E-state index in [9.17, 15) is 9.90 Å². The number of piperidine rings is 1. The molecule has 0 saturated carbocycles. The van der Waals surface area contributed by atoms with Crippen molar-refractivity contribution in [3.8, 4) is 5.75 Å². The number of carboxylic acid groups (broad SMARTS) is 1. The van der Waals surface area contributed by atoms with Crippen LogP contribution in [0.4, 0.5) is 0 Å². The average Bonchev–Trinajstić information content (AvgIpc) is 2.29. The van der Waals surface area contributed by atoms with E-state index in [1.54, 1.807) is 18.2 Å². The van der Waals surface area contributed by atoms with Crippen molar-refractivity contribution in [2.75, 3.05) is 13.1 Å². The minimum atomic E-state index is -0.783. The molecule has 1 aromatic rings. The first kappa shape index (κ1) is 11.0. The first-order valence-corrected chi connectivity index (χ1v) is 5.41. The van der Waals surface area contributed by atoms with Gasteiger partial charge in [0.15, 0.2) is 0 Å². The van der Waals surface area contributed by atoms with Crippen molar-refractivity contribution in [3.05, 3.63) is 29.8 Å². The van der Waals surface area contributed by atoms with Crippen LogP contribution >= 0.6 is 0 Å². The van der Waals surface area contributed by atoms with Crippen LogP contribution in [0.3, 0.4) is 0 Å². The monoisotopic (exact) mass is 221 g/mol. The number of rotatable bonds is 2. The topological polar surface area (TPSA) is 69.6 Å². The molecule has 86 valence electrons. The molecule has 16 heavy (non-hydrogen) atoms. The van der Waals surface area contributed by atoms with Crippen molar-refractivity contribution in [2.24, 2.45) is 5.92 Å². The van der Waals surface area contributed by atoms with Crippen molar-refractivity contribution < 1.29 is 15.0 Å². The summed E-state index contributed by atoms with van der Waals surface area (Å²) in [5.41, 5.74) is 0.724. The molecule has 4 nitrogen and oxygen atoms in total. The predicted molar refractivity (Wildman–Crippen MR) is 59.5 cm³/mol. The zero-order chi connectivity index (χ0) is 11.5. The summed E-state index contributed by atoms with van der Waals surface area (Å²) < 4.78 is 0. The number of para-hydroxylation sites is 1. The Morgan fingerprint density at radius 1 is 1.38 bits per heavy atom. The van der Waals surface area contributed by atoms with Crippen molar-refractivity contribution in [1.29, 1.82) is 0 Å². The second kappa shape index (κ2) is 4.53. The second-order valence-electron chi connectivity index (χ2n) is 4.10. The van der Waals surface area contributed by atoms with Gasteiger partial charge in [0.1, 0.15) is 5.75 Å². The van der Waals surface area contributed by atoms with Crippen LogP contribution < -0.4 is 5.32 Å². The van der Waals surface area contributed by atoms with Crippen molar-refractivity contribution in [2.45, 2.75) is 12.3 Å². The normalized spacial score (nSPS) is 25.2. The van der Waals surface area contributed by atoms with E-state index >= 15 is 0 Å². The molecular weight excluding hydrogens is 206 g/mol. The number of phenolic OH excluding ortho intramolecular Hbond substituents is 1. The fraction of sp³-hybridized carbons (Fsp3) is 0.417. The Kier molecular flexibility index (Phi) is 3.10. The summed E-state index contributed by atoms with van der Waals surface area (Å²) in [5, 5.41) is 22.1. The number of carbonyl (C=O) groups is 1. The third-order valence-electron chi connectivity index (χ3n) is 3.14. The van der Waals surface area contributed by atoms with E-state index in [0.717, 1.165) is 12.1 Å². The molecule has 2 atom stereocenters. The predicted octanol–water partition coefficient (Wildman–Crippen LogP) is 1.17. The summed E-state index contributed by atoms with van der Waals surface area (Å²) >= 11 is 0. The number of phenols is 1. The molecule has 2 unspecified atom stereocenters. The second-order valence-corrected chi connectivity index (χ2v) is 4.10. The highest BCUT2D eigenvalue weighted by Gasteiger charge is 2.32. The minimum Gasteiger partial charge on any atom is -0.508 e. The van der Waals surface area contributed by atoms with Gasteiger partial charge in [-0.3, -0.25) is 4.79 Å². The number of hydrogen-bond donors (Lipinski definition) is 3. The number of nitrogens with one attached hydrogen (secondary N) is 1. The smallest absolute Gasteiger partial charge is 0.307 e. The van der Waals surface area contributed by atoms with E-state index in [4.69, 9.17) is 5.11 Å². The summed E-state index contributed by atoms with van der Waals surface area (Å²) in [5.74, 6) is -1.15. The van der Waals surface area contributed by atoms with Gasteiger partial charge in [-0.15, -0.1) is 0 Å². The fourth-order valence-electron chi connectivity index (χ4n) is 2.28. The molecule has 1 aromatic carbocycles. The third kappa shape index (κ3) is 2.02. The van der Waals surface area contributed by atoms with E-state index < -0.39 is 11.9 Å². The van der Waals surface area contributed by atoms with Gasteiger partial charge >= 0.3 is 5.97 Å². The molecule has 2 rings (SSSR count). The molecule has 1 heterocycles. The fourth-order valence-corrected chi connectivity index (χ4v) is 2.28. The van der Waals surface area contributed by atoms with E-state index in [0.29, 0.717) is 13.0 Å². The Balaban J connectivity index is 2.30. The highest BCUT2D eigenvalue weighted by atomic mass is 16.4. The molecule has 3 N–H and O–H groups in total. The van der Waals surface area contributed by atoms with Crippen LogP contribution in [0.1, 0.15) is 17.9 Å². The average molecular weight is 221 g/mol. The third-order valence-corrected chi connectivity index (χ3v) is 3.14. The zero-order valence-corrected chi connectivity index (χ0v) is 8.89. The van der Waals surface area contributed by atoms with Crippen LogP contribution in [-0.2, 0) is 4.79 Å². The number of aromatic hydroxyl groups is 1. The summed E-state index contributed by atoms with van der Waals surface area (Å²) in [6.45, 7) is 1.33. The maximum absolute atomic E-state index is 11.1. The van der Waals surface area contributed by atoms with E-state index in [-0.39, 0.29) is 11.7 Å². The Morgan fingerprint density at radius 2 is 2.12 bits per heavy atom. The molecular formula is C12H15NO3. The first-order chi connectivity index (χ1) is 7.70. The molecule has 4 heteroatoms. The summed E-state index contributed by atoms with van der Waals surface area (Å²) in [4.78, 5) is 11.1. The number of carboxylic acids is 1. The highest BCUT2D eigenvalue weighted by molar-refractivity contribution is 5.72. The van der Waals surface area contributed by atoms with Gasteiger partial charge in [-0.05, 0) is 24.6 Å². The van der Waals surface area contributed by atoms with Gasteiger partial charge in [0, 0.05) is 12.5 Å². The van der Waals surface area contributed by atoms with Gasteiger partial charge in [0.25, 0.3) is 0 Å². The quantitative estimate of drug-likeness (QED) is 0.701. The lowest BCUT2D eigenvalue weighted by atomic mass is 9.81. The molecule has 0 amide bonds. The Bertz CT molecular complexity index is 392. The van der Waals surface area contributed by atoms with Crippen molar-refractivity contribution >= 4 is 5.97 Å². The largest absolute Gasteiger partial charge is 0.508 e. The lowest BCUT2D eigenvalue weighted by molar-refractivity contribution is -0.143. The van der Waals surface area contributed by atoms with Crippen molar-refractivity contribution in [1.82, 2.24) is 5.32 Å². The molecule has 1 fully saturated rings. The molecule has 0 aliphatic carbocycles. The highest BCUT2D eigenvalue weighted by Crippen LogP contribution is 2.34. The van der Waals surface area contributed by atoms with Crippen LogP contribution in [-0.4, -0.2) is 29.3 Å². The van der Waals surface area contributed by atoms with Gasteiger partial charge in [-0.1, -0.05) is 18.2 Å². The molecule has 0 radical (unpaired) electrons. The summed E-state index contributed by atoms with van der Waals surface area (Å²) in [6, 6.07) is 6.96. The number of hydrogen-bond acceptors (Lipinski definition) is 3. The van der Waals surface area contributed by atoms with Gasteiger partial charge in [0.05, 0.1) is 5.92 Å². The van der Waals surface area contributed by atoms with Gasteiger partial charge < -0.3 is 15.5 Å². The van der Waals surface area contributed by atoms with Crippen LogP contribution in [0.5, 0.6) is 5.75 Å². The van der Waals surface area contributed by atoms with Gasteiger partial charge in [0.2, 0.25) is 0 Å². The Labute approximate surface area is 93.9 Å². The van der Waals surface area contributed by atoms with Crippen LogP contribution in [0.25, 0.3) is 0 Å². The standard InChI is InChI=1S/C12H15NO3/c14-11-4-2-1-3-8(11)10-7-13-6-5-9(10)12(15)16/h1-4,9-10,13-14H,5-7H2,(H,15,16). The lowest BCUT2D eigenvalue weighted by Gasteiger charge is -2.29. The van der Waals surface area contributed by atoms with Crippen LogP contribution in [0.15, 0.2) is 24.3 Å². The van der Waals surface area contributed by atoms with E-state index in [2.05, 4.69) is 5.32 Å². The summed E-state index contributed by atoms with van der Waals surface area (Å²) in [7, 11) is 0. The number of benzene rings is 1. The molecule has 1 aliphatic heterocycles. The van der Waals surface area contributed by atoms with E-state index in [1.807, 2.05) is 6.07 Å². The molecule has 1 aliphatic rings. The van der Waals surface area contributed by atoms with E-state index in [1.165, 1.54) is 0 Å². The maximum Gasteiger partial charge on any atom is 0.307 e. The SMILES string of the molecule is O=C(O)C1CCNCC1c1ccccc1O. The molecule has 0 spiro atoms. The molecule has 0 bridgehead atoms. The molecule has 0 aromatic heterocycles. The Morgan fingerprint density at radius 3 is 2.81 bits per heavy atom. The first-order valence-electron chi connectivity index (χ1n) is 5.41. The van der Waals surface area contributed by atoms with Crippen molar-refractivity contribution in [3.63, 3.8) is 0 Å². The van der Waals surface area contributed by atoms with Crippen LogP contribution in [0.2, 0.25) is 0 Å². The summed E-state index contributed by atoms with van der Waals surface area (Å²) in [6.07, 6.45) is 0.605.